The van der Waals surface area contributed by atoms with Crippen LogP contribution in [-0.4, -0.2) is 43.3 Å². The Bertz CT molecular complexity index is 154. The molecular formula is C9H19Cl2FN2. The number of alkyl halides is 1. The Morgan fingerprint density at radius 1 is 1.29 bits per heavy atom. The molecule has 2 fully saturated rings. The number of hydrogen-bond acceptors (Lipinski definition) is 2. The van der Waals surface area contributed by atoms with Gasteiger partial charge in [-0.25, -0.2) is 4.39 Å². The molecule has 0 radical (unpaired) electrons. The molecule has 1 N–H and O–H groups in total. The van der Waals surface area contributed by atoms with Gasteiger partial charge < -0.3 is 5.32 Å². The largest absolute Gasteiger partial charge is 0.313 e. The lowest BCUT2D eigenvalue weighted by Gasteiger charge is -2.19. The Morgan fingerprint density at radius 3 is 2.57 bits per heavy atom. The second-order valence-corrected chi connectivity index (χ2v) is 3.94. The van der Waals surface area contributed by atoms with Gasteiger partial charge in [0.25, 0.3) is 0 Å². The lowest BCUT2D eigenvalue weighted by Crippen LogP contribution is -2.36. The summed E-state index contributed by atoms with van der Waals surface area (Å²) in [6.45, 7) is 3.83. The van der Waals surface area contributed by atoms with E-state index in [1.54, 1.807) is 0 Å². The van der Waals surface area contributed by atoms with Gasteiger partial charge in [0.15, 0.2) is 0 Å². The van der Waals surface area contributed by atoms with Crippen LogP contribution in [0.2, 0.25) is 0 Å². The highest BCUT2D eigenvalue weighted by molar-refractivity contribution is 5.85. The SMILES string of the molecule is Cl.Cl.F[C@H]1CCN(C[C@@H]2CCCN2)C1. The van der Waals surface area contributed by atoms with E-state index >= 15 is 0 Å². The maximum atomic E-state index is 12.8. The van der Waals surface area contributed by atoms with E-state index in [9.17, 15) is 4.39 Å². The van der Waals surface area contributed by atoms with Crippen LogP contribution in [0.15, 0.2) is 0 Å². The first-order valence-corrected chi connectivity index (χ1v) is 4.94. The molecule has 0 saturated carbocycles. The lowest BCUT2D eigenvalue weighted by atomic mass is 10.2. The maximum absolute atomic E-state index is 12.8. The Balaban J connectivity index is 0.000000845. The Morgan fingerprint density at radius 2 is 2.07 bits per heavy atom. The summed E-state index contributed by atoms with van der Waals surface area (Å²) in [6, 6.07) is 0.635. The third-order valence-electron chi connectivity index (χ3n) is 2.86. The molecule has 2 atom stereocenters. The van der Waals surface area contributed by atoms with Gasteiger partial charge in [0.2, 0.25) is 0 Å². The minimum atomic E-state index is -0.564. The molecule has 2 heterocycles. The molecule has 0 aromatic carbocycles. The summed E-state index contributed by atoms with van der Waals surface area (Å²) in [5.74, 6) is 0. The average Bonchev–Trinajstić information content (AvgIpc) is 2.63. The van der Waals surface area contributed by atoms with Gasteiger partial charge in [0, 0.05) is 25.7 Å². The molecule has 0 amide bonds. The standard InChI is InChI=1S/C9H17FN2.2ClH/c10-8-3-5-12(6-8)7-9-2-1-4-11-9;;/h8-9,11H,1-7H2;2*1H/t8-,9-;;/m0../s1. The zero-order valence-corrected chi connectivity index (χ0v) is 9.88. The van der Waals surface area contributed by atoms with Gasteiger partial charge in [-0.3, -0.25) is 4.90 Å². The van der Waals surface area contributed by atoms with Crippen LogP contribution in [0.25, 0.3) is 0 Å². The average molecular weight is 245 g/mol. The molecule has 14 heavy (non-hydrogen) atoms. The van der Waals surface area contributed by atoms with Crippen molar-refractivity contribution in [3.8, 4) is 0 Å². The third kappa shape index (κ3) is 3.89. The van der Waals surface area contributed by atoms with Gasteiger partial charge >= 0.3 is 0 Å². The second-order valence-electron chi connectivity index (χ2n) is 3.94. The van der Waals surface area contributed by atoms with Gasteiger partial charge in [-0.05, 0) is 25.8 Å². The molecule has 0 unspecified atom stereocenters. The summed E-state index contributed by atoms with van der Waals surface area (Å²) < 4.78 is 12.8. The van der Waals surface area contributed by atoms with Crippen molar-refractivity contribution in [2.24, 2.45) is 0 Å². The molecule has 2 saturated heterocycles. The topological polar surface area (TPSA) is 15.3 Å². The van der Waals surface area contributed by atoms with E-state index < -0.39 is 6.17 Å². The van der Waals surface area contributed by atoms with Crippen molar-refractivity contribution in [2.45, 2.75) is 31.5 Å². The van der Waals surface area contributed by atoms with Gasteiger partial charge in [0.05, 0.1) is 0 Å². The highest BCUT2D eigenvalue weighted by atomic mass is 35.5. The normalized spacial score (nSPS) is 32.4. The Hall–Kier alpha value is 0.430. The van der Waals surface area contributed by atoms with Crippen LogP contribution in [0.4, 0.5) is 4.39 Å². The van der Waals surface area contributed by atoms with Gasteiger partial charge in [-0.1, -0.05) is 0 Å². The highest BCUT2D eigenvalue weighted by Crippen LogP contribution is 2.14. The molecule has 0 aliphatic carbocycles. The van der Waals surface area contributed by atoms with Crippen molar-refractivity contribution in [3.63, 3.8) is 0 Å². The van der Waals surface area contributed by atoms with E-state index in [1.807, 2.05) is 0 Å². The summed E-state index contributed by atoms with van der Waals surface area (Å²) in [4.78, 5) is 2.24. The zero-order valence-electron chi connectivity index (χ0n) is 8.25. The quantitative estimate of drug-likeness (QED) is 0.795. The van der Waals surface area contributed by atoms with Crippen LogP contribution in [0.5, 0.6) is 0 Å². The molecule has 5 heteroatoms. The monoisotopic (exact) mass is 244 g/mol. The van der Waals surface area contributed by atoms with E-state index in [0.29, 0.717) is 12.6 Å². The summed E-state index contributed by atoms with van der Waals surface area (Å²) in [5.41, 5.74) is 0. The van der Waals surface area contributed by atoms with Crippen molar-refractivity contribution in [1.82, 2.24) is 10.2 Å². The van der Waals surface area contributed by atoms with Crippen LogP contribution in [-0.2, 0) is 0 Å². The van der Waals surface area contributed by atoms with Crippen molar-refractivity contribution in [3.05, 3.63) is 0 Å². The molecule has 86 valence electrons. The van der Waals surface area contributed by atoms with Crippen LogP contribution in [0.3, 0.4) is 0 Å². The van der Waals surface area contributed by atoms with Crippen LogP contribution < -0.4 is 5.32 Å². The van der Waals surface area contributed by atoms with Crippen molar-refractivity contribution >= 4 is 24.8 Å². The number of nitrogens with one attached hydrogen (secondary N) is 1. The minimum Gasteiger partial charge on any atom is -0.313 e. The smallest absolute Gasteiger partial charge is 0.114 e. The Kier molecular flexibility index (Phi) is 7.04. The fourth-order valence-electron chi connectivity index (χ4n) is 2.18. The fraction of sp³-hybridized carbons (Fsp3) is 1.00. The van der Waals surface area contributed by atoms with E-state index in [2.05, 4.69) is 10.2 Å². The first kappa shape index (κ1) is 14.4. The molecule has 0 spiro atoms. The van der Waals surface area contributed by atoms with Crippen LogP contribution in [0.1, 0.15) is 19.3 Å². The molecule has 0 aromatic heterocycles. The number of nitrogens with zero attached hydrogens (tertiary/aromatic N) is 1. The summed E-state index contributed by atoms with van der Waals surface area (Å²) in [5, 5.41) is 3.43. The van der Waals surface area contributed by atoms with Crippen molar-refractivity contribution in [2.75, 3.05) is 26.2 Å². The minimum absolute atomic E-state index is 0. The van der Waals surface area contributed by atoms with E-state index in [4.69, 9.17) is 0 Å². The number of rotatable bonds is 2. The highest BCUT2D eigenvalue weighted by Gasteiger charge is 2.25. The summed E-state index contributed by atoms with van der Waals surface area (Å²) >= 11 is 0. The number of hydrogen-bond donors (Lipinski definition) is 1. The fourth-order valence-corrected chi connectivity index (χ4v) is 2.18. The zero-order chi connectivity index (χ0) is 8.39. The van der Waals surface area contributed by atoms with Crippen LogP contribution >= 0.6 is 24.8 Å². The second kappa shape index (κ2) is 6.83. The maximum Gasteiger partial charge on any atom is 0.114 e. The molecule has 2 aliphatic rings. The molecule has 2 aliphatic heterocycles. The molecule has 0 bridgehead atoms. The molecular weight excluding hydrogens is 226 g/mol. The molecule has 2 rings (SSSR count). The van der Waals surface area contributed by atoms with Crippen LogP contribution in [0, 0.1) is 0 Å². The predicted octanol–water partition coefficient (Wildman–Crippen LogP) is 1.63. The molecule has 2 nitrogen and oxygen atoms in total. The predicted molar refractivity (Wildman–Crippen MR) is 61.5 cm³/mol. The molecule has 0 aromatic rings. The first-order chi connectivity index (χ1) is 5.84. The van der Waals surface area contributed by atoms with E-state index in [-0.39, 0.29) is 24.8 Å². The third-order valence-corrected chi connectivity index (χ3v) is 2.86. The lowest BCUT2D eigenvalue weighted by molar-refractivity contribution is 0.268. The van der Waals surface area contributed by atoms with Gasteiger partial charge in [0.1, 0.15) is 6.17 Å². The van der Waals surface area contributed by atoms with Gasteiger partial charge in [-0.15, -0.1) is 24.8 Å². The van der Waals surface area contributed by atoms with Crippen molar-refractivity contribution < 1.29 is 4.39 Å². The van der Waals surface area contributed by atoms with E-state index in [0.717, 1.165) is 26.1 Å². The van der Waals surface area contributed by atoms with E-state index in [1.165, 1.54) is 12.8 Å². The van der Waals surface area contributed by atoms with Crippen molar-refractivity contribution in [1.29, 1.82) is 0 Å². The van der Waals surface area contributed by atoms with Gasteiger partial charge in [-0.2, -0.15) is 0 Å². The summed E-state index contributed by atoms with van der Waals surface area (Å²) in [7, 11) is 0. The number of halogens is 3. The number of likely N-dealkylation sites (tertiary alicyclic amines) is 1. The Labute approximate surface area is 97.4 Å². The first-order valence-electron chi connectivity index (χ1n) is 4.94. The summed E-state index contributed by atoms with van der Waals surface area (Å²) in [6.07, 6.45) is 2.74.